The molecule has 0 radical (unpaired) electrons. The minimum Gasteiger partial charge on any atom is -0.412 e. The quantitative estimate of drug-likeness (QED) is 0.431. The van der Waals surface area contributed by atoms with E-state index >= 15 is 0 Å². The van der Waals surface area contributed by atoms with Crippen molar-refractivity contribution in [3.63, 3.8) is 0 Å². The van der Waals surface area contributed by atoms with E-state index in [1.165, 1.54) is 19.3 Å². The van der Waals surface area contributed by atoms with Crippen LogP contribution in [0.2, 0.25) is 0 Å². The van der Waals surface area contributed by atoms with Gasteiger partial charge in [-0.15, -0.1) is 0 Å². The van der Waals surface area contributed by atoms with Crippen molar-refractivity contribution >= 4 is 0 Å². The van der Waals surface area contributed by atoms with Crippen molar-refractivity contribution < 1.29 is 10.7 Å². The van der Waals surface area contributed by atoms with Gasteiger partial charge in [-0.2, -0.15) is 0 Å². The van der Waals surface area contributed by atoms with Gasteiger partial charge < -0.3 is 10.7 Å². The molecule has 4 N–H and O–H groups in total. The minimum absolute atomic E-state index is 0. The molecule has 0 aromatic carbocycles. The number of hydroxylamine groups is 1. The summed E-state index contributed by atoms with van der Waals surface area (Å²) in [6, 6.07) is 0. The van der Waals surface area contributed by atoms with Gasteiger partial charge in [-0.25, -0.2) is 5.48 Å². The number of rotatable bonds is 5. The molecule has 0 saturated heterocycles. The average Bonchev–Trinajstić information content (AvgIpc) is 1.81. The van der Waals surface area contributed by atoms with Gasteiger partial charge in [-0.1, -0.05) is 26.2 Å². The molecular weight excluding hydrogens is 118 g/mol. The maximum absolute atomic E-state index is 8.12. The molecule has 0 aromatic heterocycles. The Kier molecular flexibility index (Phi) is 14.0. The monoisotopic (exact) mass is 135 g/mol. The van der Waals surface area contributed by atoms with Crippen molar-refractivity contribution in [1.82, 2.24) is 5.48 Å². The minimum atomic E-state index is 0. The molecule has 0 amide bonds. The van der Waals surface area contributed by atoms with Gasteiger partial charge in [0.1, 0.15) is 0 Å². The van der Waals surface area contributed by atoms with Gasteiger partial charge in [0.15, 0.2) is 0 Å². The summed E-state index contributed by atoms with van der Waals surface area (Å²) in [5.74, 6) is 0. The second-order valence-electron chi connectivity index (χ2n) is 1.97. The predicted octanol–water partition coefficient (Wildman–Crippen LogP) is 0.721. The van der Waals surface area contributed by atoms with E-state index in [9.17, 15) is 0 Å². The number of nitrogens with one attached hydrogen (secondary N) is 1. The van der Waals surface area contributed by atoms with Crippen LogP contribution in [0.25, 0.3) is 0 Å². The van der Waals surface area contributed by atoms with Gasteiger partial charge in [0, 0.05) is 6.54 Å². The van der Waals surface area contributed by atoms with Crippen LogP contribution >= 0.6 is 0 Å². The Labute approximate surface area is 56.3 Å². The van der Waals surface area contributed by atoms with Crippen molar-refractivity contribution in [3.8, 4) is 0 Å². The van der Waals surface area contributed by atoms with Gasteiger partial charge >= 0.3 is 0 Å². The van der Waals surface area contributed by atoms with Crippen LogP contribution in [-0.2, 0) is 0 Å². The van der Waals surface area contributed by atoms with Crippen LogP contribution in [0.5, 0.6) is 0 Å². The topological polar surface area (TPSA) is 63.8 Å². The van der Waals surface area contributed by atoms with Crippen molar-refractivity contribution in [1.29, 1.82) is 0 Å². The van der Waals surface area contributed by atoms with Crippen LogP contribution in [0.15, 0.2) is 0 Å². The number of hydrogen-bond acceptors (Lipinski definition) is 2. The van der Waals surface area contributed by atoms with Gasteiger partial charge in [-0.05, 0) is 6.42 Å². The molecule has 0 atom stereocenters. The summed E-state index contributed by atoms with van der Waals surface area (Å²) in [6.45, 7) is 2.91. The van der Waals surface area contributed by atoms with Crippen molar-refractivity contribution in [3.05, 3.63) is 0 Å². The van der Waals surface area contributed by atoms with Crippen LogP contribution in [-0.4, -0.2) is 17.2 Å². The zero-order valence-corrected chi connectivity index (χ0v) is 5.98. The zero-order valence-electron chi connectivity index (χ0n) is 5.98. The molecule has 0 saturated carbocycles. The Morgan fingerprint density at radius 2 is 1.89 bits per heavy atom. The summed E-state index contributed by atoms with van der Waals surface area (Å²) in [7, 11) is 0. The van der Waals surface area contributed by atoms with E-state index in [4.69, 9.17) is 5.21 Å². The Bertz CT molecular complexity index is 36.0. The van der Waals surface area contributed by atoms with E-state index in [0.717, 1.165) is 13.0 Å². The summed E-state index contributed by atoms with van der Waals surface area (Å²) >= 11 is 0. The molecular formula is C6H17NO2. The number of hydrogen-bond donors (Lipinski definition) is 2. The van der Waals surface area contributed by atoms with Crippen LogP contribution < -0.4 is 5.48 Å². The third-order valence-corrected chi connectivity index (χ3v) is 1.14. The molecule has 0 aliphatic heterocycles. The summed E-state index contributed by atoms with van der Waals surface area (Å²) in [6.07, 6.45) is 4.85. The molecule has 0 heterocycles. The maximum Gasteiger partial charge on any atom is 0.0207 e. The standard InChI is InChI=1S/C6H15NO.H2O/c1-2-3-4-5-6-7-8;/h7-8H,2-6H2,1H3;1H2. The Hall–Kier alpha value is -0.120. The molecule has 0 aromatic rings. The van der Waals surface area contributed by atoms with E-state index in [2.05, 4.69) is 12.4 Å². The molecule has 0 aliphatic rings. The lowest BCUT2D eigenvalue weighted by Crippen LogP contribution is -2.07. The fourth-order valence-corrected chi connectivity index (χ4v) is 0.631. The first-order valence-corrected chi connectivity index (χ1v) is 3.28. The molecule has 0 fully saturated rings. The fourth-order valence-electron chi connectivity index (χ4n) is 0.631. The van der Waals surface area contributed by atoms with E-state index in [1.54, 1.807) is 0 Å². The molecule has 0 spiro atoms. The predicted molar refractivity (Wildman–Crippen MR) is 37.5 cm³/mol. The smallest absolute Gasteiger partial charge is 0.0207 e. The first kappa shape index (κ1) is 11.6. The van der Waals surface area contributed by atoms with Crippen LogP contribution in [0.4, 0.5) is 0 Å². The summed E-state index contributed by atoms with van der Waals surface area (Å²) in [4.78, 5) is 0. The molecule has 0 aliphatic carbocycles. The zero-order chi connectivity index (χ0) is 6.24. The lowest BCUT2D eigenvalue weighted by atomic mass is 10.2. The lowest BCUT2D eigenvalue weighted by molar-refractivity contribution is 0.164. The highest BCUT2D eigenvalue weighted by molar-refractivity contribution is 4.39. The Balaban J connectivity index is 0. The summed E-state index contributed by atoms with van der Waals surface area (Å²) in [5.41, 5.74) is 2.13. The van der Waals surface area contributed by atoms with Crippen molar-refractivity contribution in [2.45, 2.75) is 32.6 Å². The van der Waals surface area contributed by atoms with Gasteiger partial charge in [-0.3, -0.25) is 0 Å². The van der Waals surface area contributed by atoms with E-state index in [-0.39, 0.29) is 5.48 Å². The van der Waals surface area contributed by atoms with Crippen molar-refractivity contribution in [2.75, 3.05) is 6.54 Å². The van der Waals surface area contributed by atoms with E-state index in [1.807, 2.05) is 0 Å². The third kappa shape index (κ3) is 11.4. The summed E-state index contributed by atoms with van der Waals surface area (Å²) in [5, 5.41) is 8.12. The molecule has 0 unspecified atom stereocenters. The summed E-state index contributed by atoms with van der Waals surface area (Å²) < 4.78 is 0. The van der Waals surface area contributed by atoms with E-state index in [0.29, 0.717) is 0 Å². The van der Waals surface area contributed by atoms with Crippen LogP contribution in [0.3, 0.4) is 0 Å². The molecule has 3 nitrogen and oxygen atoms in total. The van der Waals surface area contributed by atoms with Crippen LogP contribution in [0, 0.1) is 0 Å². The highest BCUT2D eigenvalue weighted by atomic mass is 16.5. The lowest BCUT2D eigenvalue weighted by Gasteiger charge is -1.94. The fraction of sp³-hybridized carbons (Fsp3) is 1.00. The second kappa shape index (κ2) is 10.8. The second-order valence-corrected chi connectivity index (χ2v) is 1.97. The Morgan fingerprint density at radius 3 is 2.33 bits per heavy atom. The van der Waals surface area contributed by atoms with Gasteiger partial charge in [0.25, 0.3) is 0 Å². The highest BCUT2D eigenvalue weighted by Crippen LogP contribution is 1.96. The SMILES string of the molecule is CCCCCCNO.O. The molecule has 0 rings (SSSR count). The molecule has 58 valence electrons. The first-order valence-electron chi connectivity index (χ1n) is 3.28. The highest BCUT2D eigenvalue weighted by Gasteiger charge is 1.83. The largest absolute Gasteiger partial charge is 0.412 e. The molecule has 3 heteroatoms. The van der Waals surface area contributed by atoms with Gasteiger partial charge in [0.2, 0.25) is 0 Å². The number of unbranched alkanes of at least 4 members (excludes halogenated alkanes) is 3. The molecule has 0 bridgehead atoms. The Morgan fingerprint density at radius 1 is 1.22 bits per heavy atom. The average molecular weight is 135 g/mol. The first-order chi connectivity index (χ1) is 3.91. The maximum atomic E-state index is 8.12. The normalized spacial score (nSPS) is 8.67. The van der Waals surface area contributed by atoms with Crippen molar-refractivity contribution in [2.24, 2.45) is 0 Å². The van der Waals surface area contributed by atoms with E-state index < -0.39 is 0 Å². The van der Waals surface area contributed by atoms with Gasteiger partial charge in [0.05, 0.1) is 0 Å². The third-order valence-electron chi connectivity index (χ3n) is 1.14. The van der Waals surface area contributed by atoms with Crippen LogP contribution in [0.1, 0.15) is 32.6 Å². The molecule has 9 heavy (non-hydrogen) atoms.